The van der Waals surface area contributed by atoms with Crippen molar-refractivity contribution in [3.05, 3.63) is 42.0 Å². The molecule has 0 aliphatic carbocycles. The number of nitrogen functional groups attached to an aromatic ring is 2. The summed E-state index contributed by atoms with van der Waals surface area (Å²) in [5.41, 5.74) is 17.4. The maximum Gasteiger partial charge on any atom is 0.225 e. The molecular formula is C23H29N5O. The van der Waals surface area contributed by atoms with Gasteiger partial charge in [0.15, 0.2) is 5.82 Å². The van der Waals surface area contributed by atoms with E-state index in [2.05, 4.69) is 17.2 Å². The van der Waals surface area contributed by atoms with E-state index in [-0.39, 0.29) is 11.8 Å². The van der Waals surface area contributed by atoms with E-state index in [1.807, 2.05) is 54.7 Å². The number of anilines is 2. The Morgan fingerprint density at radius 1 is 1.10 bits per heavy atom. The van der Waals surface area contributed by atoms with Gasteiger partial charge in [0.05, 0.1) is 10.9 Å². The minimum absolute atomic E-state index is 0.0532. The van der Waals surface area contributed by atoms with Crippen LogP contribution in [0.15, 0.2) is 36.4 Å². The van der Waals surface area contributed by atoms with Gasteiger partial charge in [-0.2, -0.15) is 5.10 Å². The summed E-state index contributed by atoms with van der Waals surface area (Å²) in [6.45, 7) is 5.55. The van der Waals surface area contributed by atoms with E-state index >= 15 is 0 Å². The first-order valence-corrected chi connectivity index (χ1v) is 10.3. The lowest BCUT2D eigenvalue weighted by Gasteiger charge is -2.33. The Balaban J connectivity index is 1.72. The number of likely N-dealkylation sites (tertiary alicyclic amines) is 1. The molecule has 6 nitrogen and oxygen atoms in total. The molecular weight excluding hydrogens is 362 g/mol. The smallest absolute Gasteiger partial charge is 0.225 e. The Morgan fingerprint density at radius 2 is 1.76 bits per heavy atom. The molecule has 2 aromatic carbocycles. The fourth-order valence-electron chi connectivity index (χ4n) is 4.36. The van der Waals surface area contributed by atoms with Crippen LogP contribution in [0.25, 0.3) is 22.0 Å². The van der Waals surface area contributed by atoms with Crippen LogP contribution in [0.3, 0.4) is 0 Å². The van der Waals surface area contributed by atoms with Crippen LogP contribution in [0, 0.1) is 5.92 Å². The normalized spacial score (nSPS) is 15.4. The largest absolute Gasteiger partial charge is 0.399 e. The van der Waals surface area contributed by atoms with E-state index < -0.39 is 0 Å². The Hall–Kier alpha value is -3.02. The number of aromatic nitrogens is 2. The molecule has 0 spiro atoms. The summed E-state index contributed by atoms with van der Waals surface area (Å²) in [4.78, 5) is 14.3. The summed E-state index contributed by atoms with van der Waals surface area (Å²) in [6, 6.07) is 12.3. The van der Waals surface area contributed by atoms with E-state index in [4.69, 9.17) is 11.5 Å². The number of carbonyl (C=O) groups excluding carboxylic acids is 1. The molecule has 1 aliphatic rings. The van der Waals surface area contributed by atoms with Gasteiger partial charge < -0.3 is 16.4 Å². The van der Waals surface area contributed by atoms with Gasteiger partial charge in [0, 0.05) is 31.7 Å². The van der Waals surface area contributed by atoms with E-state index in [0.29, 0.717) is 11.7 Å². The van der Waals surface area contributed by atoms with Crippen LogP contribution in [0.1, 0.15) is 38.2 Å². The number of fused-ring (bicyclic) bond motifs is 1. The molecule has 1 saturated heterocycles. The minimum Gasteiger partial charge on any atom is -0.399 e. The zero-order valence-electron chi connectivity index (χ0n) is 17.4. The molecule has 1 fully saturated rings. The lowest BCUT2D eigenvalue weighted by molar-refractivity contribution is -0.135. The highest BCUT2D eigenvalue weighted by atomic mass is 16.2. The Bertz CT molecular complexity index is 1040. The SMILES string of the molecule is CC(C)C(=O)N1CCC(c2cc(-c3ccc(N)cc3)c3c(N)nn(C)c3c2)CC1. The van der Waals surface area contributed by atoms with Crippen molar-refractivity contribution in [2.24, 2.45) is 13.0 Å². The van der Waals surface area contributed by atoms with Crippen LogP contribution in [-0.2, 0) is 11.8 Å². The molecule has 0 atom stereocenters. The van der Waals surface area contributed by atoms with E-state index in [1.165, 1.54) is 5.56 Å². The number of hydrogen-bond donors (Lipinski definition) is 2. The molecule has 4 rings (SSSR count). The Labute approximate surface area is 171 Å². The van der Waals surface area contributed by atoms with Crippen molar-refractivity contribution in [3.8, 4) is 11.1 Å². The van der Waals surface area contributed by atoms with Gasteiger partial charge in [-0.15, -0.1) is 0 Å². The molecule has 0 bridgehead atoms. The number of aryl methyl sites for hydroxylation is 1. The third kappa shape index (κ3) is 3.55. The van der Waals surface area contributed by atoms with Crippen molar-refractivity contribution >= 4 is 28.3 Å². The number of hydrogen-bond acceptors (Lipinski definition) is 4. The maximum atomic E-state index is 12.3. The second kappa shape index (κ2) is 7.43. The monoisotopic (exact) mass is 391 g/mol. The van der Waals surface area contributed by atoms with Crippen molar-refractivity contribution in [2.75, 3.05) is 24.6 Å². The van der Waals surface area contributed by atoms with Crippen molar-refractivity contribution in [1.82, 2.24) is 14.7 Å². The van der Waals surface area contributed by atoms with Crippen LogP contribution in [-0.4, -0.2) is 33.7 Å². The van der Waals surface area contributed by atoms with Crippen LogP contribution < -0.4 is 11.5 Å². The molecule has 0 unspecified atom stereocenters. The lowest BCUT2D eigenvalue weighted by atomic mass is 9.86. The molecule has 1 amide bonds. The van der Waals surface area contributed by atoms with Gasteiger partial charge in [-0.05, 0) is 59.7 Å². The van der Waals surface area contributed by atoms with E-state index in [1.54, 1.807) is 0 Å². The summed E-state index contributed by atoms with van der Waals surface area (Å²) in [5, 5.41) is 5.43. The van der Waals surface area contributed by atoms with Gasteiger partial charge >= 0.3 is 0 Å². The lowest BCUT2D eigenvalue weighted by Crippen LogP contribution is -2.40. The summed E-state index contributed by atoms with van der Waals surface area (Å²) >= 11 is 0. The number of nitrogens with zero attached hydrogens (tertiary/aromatic N) is 3. The van der Waals surface area contributed by atoms with Crippen molar-refractivity contribution in [3.63, 3.8) is 0 Å². The molecule has 29 heavy (non-hydrogen) atoms. The number of nitrogens with two attached hydrogens (primary N) is 2. The molecule has 152 valence electrons. The summed E-state index contributed by atoms with van der Waals surface area (Å²) in [5.74, 6) is 1.26. The first kappa shape index (κ1) is 19.3. The average molecular weight is 392 g/mol. The van der Waals surface area contributed by atoms with Crippen LogP contribution in [0.5, 0.6) is 0 Å². The maximum absolute atomic E-state index is 12.3. The highest BCUT2D eigenvalue weighted by molar-refractivity contribution is 6.02. The second-order valence-corrected chi connectivity index (χ2v) is 8.35. The van der Waals surface area contributed by atoms with Crippen molar-refractivity contribution in [2.45, 2.75) is 32.6 Å². The summed E-state index contributed by atoms with van der Waals surface area (Å²) in [6.07, 6.45) is 1.94. The number of amides is 1. The fraction of sp³-hybridized carbons (Fsp3) is 0.391. The van der Waals surface area contributed by atoms with Gasteiger partial charge in [0.25, 0.3) is 0 Å². The molecule has 1 aromatic heterocycles. The summed E-state index contributed by atoms with van der Waals surface area (Å²) < 4.78 is 1.85. The van der Waals surface area contributed by atoms with Crippen LogP contribution in [0.2, 0.25) is 0 Å². The van der Waals surface area contributed by atoms with Crippen molar-refractivity contribution < 1.29 is 4.79 Å². The molecule has 3 aromatic rings. The predicted molar refractivity (Wildman–Crippen MR) is 118 cm³/mol. The Morgan fingerprint density at radius 3 is 2.38 bits per heavy atom. The zero-order chi connectivity index (χ0) is 20.7. The van der Waals surface area contributed by atoms with Gasteiger partial charge in [-0.1, -0.05) is 26.0 Å². The molecule has 0 radical (unpaired) electrons. The standard InChI is InChI=1S/C23H29N5O/c1-14(2)23(29)28-10-8-15(9-11-28)17-12-19(16-4-6-18(24)7-5-16)21-20(13-17)27(3)26-22(21)25/h4-7,12-15H,8-11,24H2,1-3H3,(H2,25,26). The van der Waals surface area contributed by atoms with Gasteiger partial charge in [-0.25, -0.2) is 0 Å². The Kier molecular flexibility index (Phi) is 4.94. The van der Waals surface area contributed by atoms with Gasteiger partial charge in [0.2, 0.25) is 5.91 Å². The minimum atomic E-state index is 0.0532. The van der Waals surface area contributed by atoms with Crippen LogP contribution in [0.4, 0.5) is 11.5 Å². The predicted octanol–water partition coefficient (Wildman–Crippen LogP) is 3.77. The number of rotatable bonds is 3. The fourth-order valence-corrected chi connectivity index (χ4v) is 4.36. The molecule has 6 heteroatoms. The topological polar surface area (TPSA) is 90.2 Å². The van der Waals surface area contributed by atoms with Gasteiger partial charge in [-0.3, -0.25) is 9.48 Å². The average Bonchev–Trinajstić information content (AvgIpc) is 3.01. The molecule has 2 heterocycles. The molecule has 0 saturated carbocycles. The third-order valence-electron chi connectivity index (χ3n) is 6.00. The van der Waals surface area contributed by atoms with Gasteiger partial charge in [0.1, 0.15) is 0 Å². The zero-order valence-corrected chi connectivity index (χ0v) is 17.4. The number of piperidine rings is 1. The highest BCUT2D eigenvalue weighted by Gasteiger charge is 2.26. The third-order valence-corrected chi connectivity index (χ3v) is 6.00. The number of carbonyl (C=O) groups is 1. The second-order valence-electron chi connectivity index (χ2n) is 8.35. The molecule has 4 N–H and O–H groups in total. The molecule has 1 aliphatic heterocycles. The van der Waals surface area contributed by atoms with E-state index in [9.17, 15) is 4.79 Å². The van der Waals surface area contributed by atoms with Crippen molar-refractivity contribution in [1.29, 1.82) is 0 Å². The quantitative estimate of drug-likeness (QED) is 0.665. The highest BCUT2D eigenvalue weighted by Crippen LogP contribution is 2.38. The van der Waals surface area contributed by atoms with Crippen LogP contribution >= 0.6 is 0 Å². The first-order valence-electron chi connectivity index (χ1n) is 10.3. The number of benzene rings is 2. The first-order chi connectivity index (χ1) is 13.8. The van der Waals surface area contributed by atoms with E-state index in [0.717, 1.165) is 53.6 Å². The summed E-state index contributed by atoms with van der Waals surface area (Å²) in [7, 11) is 1.93.